The molecule has 6 nitrogen and oxygen atoms in total. The van der Waals surface area contributed by atoms with E-state index in [2.05, 4.69) is 45.7 Å². The number of benzene rings is 2. The molecule has 1 saturated heterocycles. The van der Waals surface area contributed by atoms with Gasteiger partial charge in [-0.15, -0.1) is 13.2 Å². The van der Waals surface area contributed by atoms with Gasteiger partial charge in [0.1, 0.15) is 5.75 Å². The minimum atomic E-state index is -4.72. The van der Waals surface area contributed by atoms with Crippen LogP contribution in [0.25, 0.3) is 10.8 Å². The predicted octanol–water partition coefficient (Wildman–Crippen LogP) is 4.68. The Balaban J connectivity index is 1.44. The molecule has 0 spiro atoms. The quantitative estimate of drug-likeness (QED) is 0.497. The summed E-state index contributed by atoms with van der Waals surface area (Å²) in [6, 6.07) is 9.94. The van der Waals surface area contributed by atoms with E-state index in [-0.39, 0.29) is 11.6 Å². The van der Waals surface area contributed by atoms with Crippen molar-refractivity contribution >= 4 is 16.5 Å². The number of halogens is 3. The minimum absolute atomic E-state index is 0.158. The van der Waals surface area contributed by atoms with E-state index in [0.29, 0.717) is 6.54 Å². The lowest BCUT2D eigenvalue weighted by molar-refractivity contribution is -0.274. The molecule has 1 N–H and O–H groups in total. The summed E-state index contributed by atoms with van der Waals surface area (Å²) < 4.78 is 42.8. The third kappa shape index (κ3) is 6.41. The second kappa shape index (κ2) is 10.4. The number of anilines is 1. The van der Waals surface area contributed by atoms with Crippen molar-refractivity contribution in [3.63, 3.8) is 0 Å². The number of ether oxygens (including phenoxy) is 1. The molecule has 1 aliphatic heterocycles. The lowest BCUT2D eigenvalue weighted by atomic mass is 10.1. The Kier molecular flexibility index (Phi) is 7.47. The van der Waals surface area contributed by atoms with Crippen molar-refractivity contribution in [2.75, 3.05) is 58.3 Å². The second-order valence-corrected chi connectivity index (χ2v) is 9.48. The number of piperazine rings is 1. The Hall–Kier alpha value is -2.91. The lowest BCUT2D eigenvalue weighted by Crippen LogP contribution is -2.47. The first-order valence-electron chi connectivity index (χ1n) is 11.9. The van der Waals surface area contributed by atoms with E-state index >= 15 is 0 Å². The van der Waals surface area contributed by atoms with E-state index in [1.165, 1.54) is 18.6 Å². The molecule has 0 aliphatic carbocycles. The second-order valence-electron chi connectivity index (χ2n) is 9.48. The molecule has 2 aromatic carbocycles. The highest BCUT2D eigenvalue weighted by Gasteiger charge is 2.31. The Morgan fingerprint density at radius 2 is 1.71 bits per heavy atom. The molecule has 1 aliphatic rings. The van der Waals surface area contributed by atoms with Gasteiger partial charge in [0, 0.05) is 48.8 Å². The molecule has 1 aromatic heterocycles. The van der Waals surface area contributed by atoms with Gasteiger partial charge in [-0.1, -0.05) is 12.1 Å². The summed E-state index contributed by atoms with van der Waals surface area (Å²) in [5.74, 6) is -0.105. The van der Waals surface area contributed by atoms with Crippen LogP contribution in [0, 0.1) is 6.92 Å². The van der Waals surface area contributed by atoms with E-state index in [1.54, 1.807) is 16.7 Å². The number of fused-ring (bicyclic) bond motifs is 1. The topological polar surface area (TPSA) is 44.1 Å². The van der Waals surface area contributed by atoms with Crippen molar-refractivity contribution in [2.24, 2.45) is 0 Å². The van der Waals surface area contributed by atoms with Crippen LogP contribution in [0.15, 0.2) is 42.6 Å². The Morgan fingerprint density at radius 1 is 1.03 bits per heavy atom. The monoisotopic (exact) mass is 490 g/mol. The van der Waals surface area contributed by atoms with Crippen LogP contribution in [-0.2, 0) is 6.54 Å². The smallest absolute Gasteiger partial charge is 0.494 e. The molecule has 3 aromatic rings. The third-order valence-electron chi connectivity index (χ3n) is 6.47. The minimum Gasteiger partial charge on any atom is -0.494 e. The first-order valence-corrected chi connectivity index (χ1v) is 11.9. The maximum absolute atomic E-state index is 12.4. The van der Waals surface area contributed by atoms with Gasteiger partial charge in [-0.05, 0) is 75.9 Å². The van der Waals surface area contributed by atoms with Gasteiger partial charge in [0.25, 0.3) is 0 Å². The Bertz CT molecular complexity index is 1130. The number of aromatic nitrogens is 1. The van der Waals surface area contributed by atoms with Crippen molar-refractivity contribution in [1.29, 1.82) is 0 Å². The summed E-state index contributed by atoms with van der Waals surface area (Å²) in [6.07, 6.45) is -1.65. The molecule has 2 heterocycles. The van der Waals surface area contributed by atoms with Crippen LogP contribution >= 0.6 is 0 Å². The summed E-state index contributed by atoms with van der Waals surface area (Å²) in [4.78, 5) is 7.12. The fourth-order valence-corrected chi connectivity index (χ4v) is 4.71. The van der Waals surface area contributed by atoms with Crippen molar-refractivity contribution in [2.45, 2.75) is 26.3 Å². The highest BCUT2D eigenvalue weighted by molar-refractivity contribution is 5.93. The average Bonchev–Trinajstić information content (AvgIpc) is 3.10. The van der Waals surface area contributed by atoms with Crippen molar-refractivity contribution < 1.29 is 23.0 Å². The lowest BCUT2D eigenvalue weighted by Gasteiger charge is -2.36. The number of alkyl halides is 3. The summed E-state index contributed by atoms with van der Waals surface area (Å²) in [5.41, 5.74) is 2.91. The number of hydrogen-bond donors (Lipinski definition) is 1. The summed E-state index contributed by atoms with van der Waals surface area (Å²) in [5, 5.41) is 12.6. The highest BCUT2D eigenvalue weighted by Crippen LogP contribution is 2.35. The van der Waals surface area contributed by atoms with E-state index in [0.717, 1.165) is 66.9 Å². The third-order valence-corrected chi connectivity index (χ3v) is 6.47. The molecule has 4 rings (SSSR count). The fourth-order valence-electron chi connectivity index (χ4n) is 4.71. The maximum atomic E-state index is 12.4. The SMILES string of the molecule is Cc1cc(N2CCN(CCCN(C)C)CC2)cc2cn(Cc3ccc(OC(F)(F)F)cc3)c(O)c12. The van der Waals surface area contributed by atoms with Gasteiger partial charge in [-0.2, -0.15) is 0 Å². The van der Waals surface area contributed by atoms with Gasteiger partial charge in [0.05, 0.1) is 6.54 Å². The first-order chi connectivity index (χ1) is 16.6. The molecule has 190 valence electrons. The van der Waals surface area contributed by atoms with Crippen LogP contribution < -0.4 is 9.64 Å². The molecule has 0 amide bonds. The van der Waals surface area contributed by atoms with Gasteiger partial charge in [0.2, 0.25) is 0 Å². The van der Waals surface area contributed by atoms with E-state index < -0.39 is 6.36 Å². The van der Waals surface area contributed by atoms with Crippen LogP contribution in [0.3, 0.4) is 0 Å². The molecule has 0 radical (unpaired) electrons. The number of hydrogen-bond acceptors (Lipinski definition) is 5. The molecule has 0 unspecified atom stereocenters. The van der Waals surface area contributed by atoms with Crippen molar-refractivity contribution in [3.8, 4) is 11.6 Å². The molecule has 0 bridgehead atoms. The highest BCUT2D eigenvalue weighted by atomic mass is 19.4. The number of aromatic hydroxyl groups is 1. The summed E-state index contributed by atoms with van der Waals surface area (Å²) in [7, 11) is 4.20. The van der Waals surface area contributed by atoms with Crippen molar-refractivity contribution in [1.82, 2.24) is 14.4 Å². The van der Waals surface area contributed by atoms with Gasteiger partial charge in [-0.3, -0.25) is 4.90 Å². The van der Waals surface area contributed by atoms with Crippen LogP contribution in [0.1, 0.15) is 17.5 Å². The van der Waals surface area contributed by atoms with Gasteiger partial charge in [-0.25, -0.2) is 0 Å². The molecular weight excluding hydrogens is 457 g/mol. The molecule has 9 heteroatoms. The van der Waals surface area contributed by atoms with E-state index in [9.17, 15) is 18.3 Å². The zero-order chi connectivity index (χ0) is 25.2. The van der Waals surface area contributed by atoms with Gasteiger partial charge in [0.15, 0.2) is 5.88 Å². The van der Waals surface area contributed by atoms with Gasteiger partial charge >= 0.3 is 6.36 Å². The molecular formula is C26H33F3N4O2. The summed E-state index contributed by atoms with van der Waals surface area (Å²) in [6.45, 7) is 8.55. The molecule has 1 fully saturated rings. The van der Waals surface area contributed by atoms with Crippen LogP contribution in [0.2, 0.25) is 0 Å². The largest absolute Gasteiger partial charge is 0.573 e. The molecule has 0 atom stereocenters. The Labute approximate surface area is 204 Å². The molecule has 35 heavy (non-hydrogen) atoms. The predicted molar refractivity (Wildman–Crippen MR) is 132 cm³/mol. The zero-order valence-corrected chi connectivity index (χ0v) is 20.5. The number of rotatable bonds is 8. The maximum Gasteiger partial charge on any atom is 0.573 e. The Morgan fingerprint density at radius 3 is 2.34 bits per heavy atom. The van der Waals surface area contributed by atoms with Gasteiger partial charge < -0.3 is 24.2 Å². The van der Waals surface area contributed by atoms with Crippen LogP contribution in [0.4, 0.5) is 18.9 Å². The van der Waals surface area contributed by atoms with Crippen LogP contribution in [0.5, 0.6) is 11.6 Å². The normalized spacial score (nSPS) is 15.3. The van der Waals surface area contributed by atoms with E-state index in [4.69, 9.17) is 0 Å². The van der Waals surface area contributed by atoms with Crippen molar-refractivity contribution in [3.05, 3.63) is 53.7 Å². The standard InChI is InChI=1S/C26H33F3N4O2/c1-19-15-22(32-13-11-31(12-14-32)10-4-9-30(2)3)16-21-18-33(25(34)24(19)21)17-20-5-7-23(8-6-20)35-26(27,28)29/h5-8,15-16,18,34H,4,9-14,17H2,1-3H3. The molecule has 0 saturated carbocycles. The number of aryl methyl sites for hydroxylation is 1. The first kappa shape index (κ1) is 25.2. The fraction of sp³-hybridized carbons (Fsp3) is 0.462. The summed E-state index contributed by atoms with van der Waals surface area (Å²) >= 11 is 0. The average molecular weight is 491 g/mol. The van der Waals surface area contributed by atoms with Crippen LogP contribution in [-0.4, -0.2) is 79.2 Å². The van der Waals surface area contributed by atoms with E-state index in [1.807, 2.05) is 13.1 Å². The number of nitrogens with zero attached hydrogens (tertiary/aromatic N) is 4. The zero-order valence-electron chi connectivity index (χ0n) is 20.5.